The van der Waals surface area contributed by atoms with Gasteiger partial charge in [-0.3, -0.25) is 9.59 Å². The summed E-state index contributed by atoms with van der Waals surface area (Å²) in [6.45, 7) is 5.52. The van der Waals surface area contributed by atoms with Crippen molar-refractivity contribution >= 4 is 31.5 Å². The molecule has 0 aromatic heterocycles. The topological polar surface area (TPSA) is 108 Å². The number of amides is 2. The van der Waals surface area contributed by atoms with Gasteiger partial charge in [-0.2, -0.15) is 0 Å². The molecule has 0 radical (unpaired) electrons. The summed E-state index contributed by atoms with van der Waals surface area (Å²) in [4.78, 5) is 36.7. The van der Waals surface area contributed by atoms with Crippen LogP contribution in [0.4, 0.5) is 11.4 Å². The number of nitrogens with one attached hydrogen (secondary N) is 2. The third-order valence-electron chi connectivity index (χ3n) is 6.45. The van der Waals surface area contributed by atoms with Crippen molar-refractivity contribution in [3.63, 3.8) is 0 Å². The fourth-order valence-corrected chi connectivity index (χ4v) is 7.77. The van der Waals surface area contributed by atoms with Crippen molar-refractivity contribution in [2.45, 2.75) is 43.7 Å². The maximum atomic E-state index is 13.2. The Kier molecular flexibility index (Phi) is 5.51. The molecule has 4 N–H and O–H groups in total. The summed E-state index contributed by atoms with van der Waals surface area (Å²) < 4.78 is 6.38. The van der Waals surface area contributed by atoms with Crippen LogP contribution < -0.4 is 10.6 Å². The van der Waals surface area contributed by atoms with E-state index in [1.54, 1.807) is 42.5 Å². The van der Waals surface area contributed by atoms with E-state index in [1.165, 1.54) is 0 Å². The maximum Gasteiger partial charge on any atom is 0.261 e. The average Bonchev–Trinajstić information content (AvgIpc) is 3.17. The summed E-state index contributed by atoms with van der Waals surface area (Å²) >= 11 is 0. The number of hydrogen-bond acceptors (Lipinski definition) is 5. The summed E-state index contributed by atoms with van der Waals surface area (Å²) in [5, 5.41) is 15.3. The van der Waals surface area contributed by atoms with Crippen LogP contribution in [0.15, 0.2) is 48.5 Å². The molecule has 2 aromatic rings. The molecule has 31 heavy (non-hydrogen) atoms. The van der Waals surface area contributed by atoms with Crippen LogP contribution in [-0.4, -0.2) is 42.7 Å². The molecule has 1 fully saturated rings. The standard InChI is InChI=1S/C23H28N2O5Si/c1-14-20(31(2,3)29)19(11-12-26)30-23(14)17-13-16(9-10-18(17)25-22(23)28)24-21(27)15-7-5-4-6-8-15/h4-10,13-14,19-20,26,29H,11-12H2,1-3H3,(H,24,27)(H,25,28)/t14-,19+,20-,23+/m1/s1. The Morgan fingerprint density at radius 1 is 1.23 bits per heavy atom. The van der Waals surface area contributed by atoms with E-state index in [0.29, 0.717) is 28.9 Å². The lowest BCUT2D eigenvalue weighted by Gasteiger charge is -2.32. The van der Waals surface area contributed by atoms with E-state index in [2.05, 4.69) is 10.6 Å². The highest BCUT2D eigenvalue weighted by atomic mass is 28.4. The molecule has 2 amide bonds. The van der Waals surface area contributed by atoms with Gasteiger partial charge in [-0.15, -0.1) is 0 Å². The van der Waals surface area contributed by atoms with Crippen molar-refractivity contribution in [1.82, 2.24) is 0 Å². The van der Waals surface area contributed by atoms with Gasteiger partial charge in [0.15, 0.2) is 13.9 Å². The number of hydrogen-bond donors (Lipinski definition) is 4. The third-order valence-corrected chi connectivity index (χ3v) is 8.95. The number of aliphatic hydroxyl groups excluding tert-OH is 1. The van der Waals surface area contributed by atoms with E-state index < -0.39 is 20.0 Å². The number of anilines is 2. The monoisotopic (exact) mass is 440 g/mol. The Bertz CT molecular complexity index is 1010. The van der Waals surface area contributed by atoms with E-state index in [0.717, 1.165) is 0 Å². The zero-order chi connectivity index (χ0) is 22.4. The number of benzene rings is 2. The first kappa shape index (κ1) is 21.7. The van der Waals surface area contributed by atoms with Gasteiger partial charge in [-0.1, -0.05) is 25.1 Å². The molecule has 0 unspecified atom stereocenters. The number of carbonyl (C=O) groups is 2. The summed E-state index contributed by atoms with van der Waals surface area (Å²) in [6, 6.07) is 14.2. The predicted molar refractivity (Wildman–Crippen MR) is 120 cm³/mol. The summed E-state index contributed by atoms with van der Waals surface area (Å²) in [5.74, 6) is -0.811. The summed E-state index contributed by atoms with van der Waals surface area (Å²) in [5.41, 5.74) is 0.893. The molecule has 0 aliphatic carbocycles. The van der Waals surface area contributed by atoms with Crippen molar-refractivity contribution in [2.24, 2.45) is 5.92 Å². The molecule has 1 saturated heterocycles. The number of aliphatic hydroxyl groups is 1. The number of rotatable bonds is 5. The van der Waals surface area contributed by atoms with Crippen molar-refractivity contribution < 1.29 is 24.2 Å². The van der Waals surface area contributed by atoms with Gasteiger partial charge in [-0.25, -0.2) is 0 Å². The Labute approximate surface area is 182 Å². The second kappa shape index (κ2) is 7.87. The Morgan fingerprint density at radius 2 is 1.94 bits per heavy atom. The first-order valence-corrected chi connectivity index (χ1v) is 13.5. The molecular formula is C23H28N2O5Si. The molecule has 2 aromatic carbocycles. The summed E-state index contributed by atoms with van der Waals surface area (Å²) in [7, 11) is -2.70. The van der Waals surface area contributed by atoms with Gasteiger partial charge in [0, 0.05) is 40.6 Å². The zero-order valence-corrected chi connectivity index (χ0v) is 18.9. The third kappa shape index (κ3) is 3.59. The average molecular weight is 441 g/mol. The summed E-state index contributed by atoms with van der Waals surface area (Å²) in [6.07, 6.45) is -0.0771. The Morgan fingerprint density at radius 3 is 2.58 bits per heavy atom. The van der Waals surface area contributed by atoms with Crippen molar-refractivity contribution in [1.29, 1.82) is 0 Å². The normalized spacial score (nSPS) is 27.3. The second-order valence-electron chi connectivity index (χ2n) is 8.91. The second-order valence-corrected chi connectivity index (χ2v) is 12.9. The first-order chi connectivity index (χ1) is 14.7. The van der Waals surface area contributed by atoms with Crippen LogP contribution in [-0.2, 0) is 15.1 Å². The van der Waals surface area contributed by atoms with Gasteiger partial charge in [0.25, 0.3) is 11.8 Å². The van der Waals surface area contributed by atoms with Gasteiger partial charge < -0.3 is 25.3 Å². The molecule has 7 nitrogen and oxygen atoms in total. The molecule has 1 spiro atoms. The predicted octanol–water partition coefficient (Wildman–Crippen LogP) is 3.07. The van der Waals surface area contributed by atoms with Crippen LogP contribution in [0.1, 0.15) is 29.3 Å². The minimum absolute atomic E-state index is 0.0872. The molecule has 0 bridgehead atoms. The number of ether oxygens (including phenoxy) is 1. The molecule has 4 atom stereocenters. The lowest BCUT2D eigenvalue weighted by molar-refractivity contribution is -0.143. The van der Waals surface area contributed by atoms with Crippen LogP contribution in [0.5, 0.6) is 0 Å². The minimum atomic E-state index is -2.70. The van der Waals surface area contributed by atoms with E-state index in [-0.39, 0.29) is 29.9 Å². The largest absolute Gasteiger partial charge is 0.432 e. The van der Waals surface area contributed by atoms with E-state index in [9.17, 15) is 19.5 Å². The molecule has 4 rings (SSSR count). The highest BCUT2D eigenvalue weighted by Crippen LogP contribution is 2.58. The fraction of sp³-hybridized carbons (Fsp3) is 0.391. The van der Waals surface area contributed by atoms with Crippen LogP contribution in [0.2, 0.25) is 18.6 Å². The van der Waals surface area contributed by atoms with Crippen molar-refractivity contribution in [2.75, 3.05) is 17.2 Å². The molecular weight excluding hydrogens is 412 g/mol. The van der Waals surface area contributed by atoms with Gasteiger partial charge in [-0.05, 0) is 49.8 Å². The smallest absolute Gasteiger partial charge is 0.261 e. The van der Waals surface area contributed by atoms with Gasteiger partial charge in [0.2, 0.25) is 0 Å². The minimum Gasteiger partial charge on any atom is -0.432 e. The highest BCUT2D eigenvalue weighted by molar-refractivity contribution is 6.71. The molecule has 2 heterocycles. The van der Waals surface area contributed by atoms with Gasteiger partial charge >= 0.3 is 0 Å². The maximum absolute atomic E-state index is 13.2. The van der Waals surface area contributed by atoms with Crippen LogP contribution >= 0.6 is 0 Å². The molecule has 8 heteroatoms. The molecule has 0 saturated carbocycles. The van der Waals surface area contributed by atoms with Crippen LogP contribution in [0.25, 0.3) is 0 Å². The van der Waals surface area contributed by atoms with E-state index >= 15 is 0 Å². The molecule has 2 aliphatic heterocycles. The molecule has 164 valence electrons. The number of fused-ring (bicyclic) bond motifs is 2. The quantitative estimate of drug-likeness (QED) is 0.535. The van der Waals surface area contributed by atoms with Gasteiger partial charge in [0.05, 0.1) is 6.10 Å². The van der Waals surface area contributed by atoms with Gasteiger partial charge in [0.1, 0.15) is 0 Å². The Hall–Kier alpha value is -2.52. The zero-order valence-electron chi connectivity index (χ0n) is 17.9. The lowest BCUT2D eigenvalue weighted by Crippen LogP contribution is -2.43. The Balaban J connectivity index is 1.71. The number of carbonyl (C=O) groups excluding carboxylic acids is 2. The van der Waals surface area contributed by atoms with Crippen LogP contribution in [0.3, 0.4) is 0 Å². The SMILES string of the molecule is C[C@@H]1[C@@H]([Si](C)(C)O)[C@H](CCO)O[C@@]12C(=O)Nc1ccc(NC(=O)c3ccccc3)cc12. The fourth-order valence-electron chi connectivity index (χ4n) is 5.16. The van der Waals surface area contributed by atoms with E-state index in [1.807, 2.05) is 26.1 Å². The van der Waals surface area contributed by atoms with Crippen molar-refractivity contribution in [3.8, 4) is 0 Å². The van der Waals surface area contributed by atoms with Crippen molar-refractivity contribution in [3.05, 3.63) is 59.7 Å². The van der Waals surface area contributed by atoms with E-state index in [4.69, 9.17) is 4.74 Å². The lowest BCUT2D eigenvalue weighted by atomic mass is 9.82. The molecule has 2 aliphatic rings. The highest BCUT2D eigenvalue weighted by Gasteiger charge is 2.64. The first-order valence-electron chi connectivity index (χ1n) is 10.5. The van der Waals surface area contributed by atoms with Crippen LogP contribution in [0, 0.1) is 5.92 Å².